The van der Waals surface area contributed by atoms with Crippen molar-refractivity contribution in [1.82, 2.24) is 15.0 Å². The van der Waals surface area contributed by atoms with Crippen molar-refractivity contribution < 1.29 is 8.95 Å². The normalized spacial score (nSPS) is 24.4. The van der Waals surface area contributed by atoms with Crippen LogP contribution in [0.2, 0.25) is 5.02 Å². The molecule has 2 aromatic rings. The molecule has 0 aliphatic carbocycles. The smallest absolute Gasteiger partial charge is 0.170 e. The maximum absolute atomic E-state index is 12.5. The van der Waals surface area contributed by atoms with Gasteiger partial charge in [-0.25, -0.2) is 9.97 Å². The minimum atomic E-state index is -1.27. The molecule has 0 saturated carbocycles. The fraction of sp³-hybridized carbons (Fsp3) is 0.550. The van der Waals surface area contributed by atoms with E-state index in [1.54, 1.807) is 18.6 Å². The first kappa shape index (κ1) is 22.0. The van der Waals surface area contributed by atoms with Crippen LogP contribution in [0.15, 0.2) is 33.4 Å². The Labute approximate surface area is 188 Å². The lowest BCUT2D eigenvalue weighted by Crippen LogP contribution is -2.51. The summed E-state index contributed by atoms with van der Waals surface area (Å²) >= 11 is 7.76. The van der Waals surface area contributed by atoms with Crippen LogP contribution >= 0.6 is 23.4 Å². The molecule has 10 heteroatoms. The lowest BCUT2D eigenvalue weighted by Gasteiger charge is -2.41. The third-order valence-corrected chi connectivity index (χ3v) is 8.49. The predicted molar refractivity (Wildman–Crippen MR) is 120 cm³/mol. The molecule has 7 nitrogen and oxygen atoms in total. The van der Waals surface area contributed by atoms with E-state index in [0.717, 1.165) is 36.5 Å². The van der Waals surface area contributed by atoms with Crippen LogP contribution in [0.5, 0.6) is 0 Å². The molecular formula is C20H26ClN5O2S2. The van der Waals surface area contributed by atoms with Gasteiger partial charge in [-0.05, 0) is 32.8 Å². The molecule has 2 aromatic heterocycles. The highest BCUT2D eigenvalue weighted by Crippen LogP contribution is 2.42. The molecular weight excluding hydrogens is 442 g/mol. The number of aromatic nitrogens is 3. The Bertz CT molecular complexity index is 968. The van der Waals surface area contributed by atoms with E-state index in [2.05, 4.69) is 19.9 Å². The number of ether oxygens (including phenoxy) is 1. The Morgan fingerprint density at radius 3 is 2.73 bits per heavy atom. The van der Waals surface area contributed by atoms with Crippen LogP contribution in [-0.2, 0) is 15.5 Å². The van der Waals surface area contributed by atoms with Gasteiger partial charge in [-0.15, -0.1) is 0 Å². The minimum absolute atomic E-state index is 0.0284. The molecule has 2 N–H and O–H groups in total. The summed E-state index contributed by atoms with van der Waals surface area (Å²) in [6.07, 6.45) is 7.02. The zero-order valence-electron chi connectivity index (χ0n) is 17.3. The largest absolute Gasteiger partial charge is 0.376 e. The van der Waals surface area contributed by atoms with Crippen molar-refractivity contribution in [3.63, 3.8) is 0 Å². The van der Waals surface area contributed by atoms with Gasteiger partial charge in [0.25, 0.3) is 0 Å². The molecule has 2 saturated heterocycles. The van der Waals surface area contributed by atoms with E-state index < -0.39 is 10.8 Å². The van der Waals surface area contributed by atoms with Gasteiger partial charge in [0, 0.05) is 41.9 Å². The van der Waals surface area contributed by atoms with Gasteiger partial charge < -0.3 is 15.4 Å². The molecule has 4 rings (SSSR count). The number of rotatable bonds is 4. The fourth-order valence-electron chi connectivity index (χ4n) is 4.16. The SMILES string of the molecule is Cc1nccc(Sc2cnc(N3CCC4(CC3)CO[C@@H](C)[C@H]4N)c(S(C)=O)n2)c1Cl. The standard InChI is InChI=1S/C20H26ClN5O2S2/c1-12-16(21)14(4-7-23-12)29-15-10-24-18(19(25-15)30(3)27)26-8-5-20(6-9-26)11-28-13(2)17(20)22/h4,7,10,13,17H,5-6,8-9,11,22H2,1-3H3/t13-,17+,30?/m0/s1. The quantitative estimate of drug-likeness (QED) is 0.733. The predicted octanol–water partition coefficient (Wildman–Crippen LogP) is 3.05. The molecule has 4 heterocycles. The zero-order chi connectivity index (χ0) is 21.5. The Hall–Kier alpha value is -1.26. The molecule has 1 spiro atoms. The van der Waals surface area contributed by atoms with Crippen molar-refractivity contribution in [2.75, 3.05) is 30.9 Å². The summed E-state index contributed by atoms with van der Waals surface area (Å²) < 4.78 is 18.3. The van der Waals surface area contributed by atoms with E-state index >= 15 is 0 Å². The number of nitrogens with two attached hydrogens (primary N) is 1. The van der Waals surface area contributed by atoms with Crippen LogP contribution in [-0.4, -0.2) is 57.3 Å². The summed E-state index contributed by atoms with van der Waals surface area (Å²) in [5, 5.41) is 1.75. The highest BCUT2D eigenvalue weighted by molar-refractivity contribution is 7.99. The Morgan fingerprint density at radius 2 is 2.10 bits per heavy atom. The van der Waals surface area contributed by atoms with Crippen LogP contribution < -0.4 is 10.6 Å². The molecule has 0 radical (unpaired) electrons. The van der Waals surface area contributed by atoms with E-state index in [9.17, 15) is 4.21 Å². The van der Waals surface area contributed by atoms with Crippen molar-refractivity contribution in [2.45, 2.75) is 53.8 Å². The van der Waals surface area contributed by atoms with Gasteiger partial charge in [0.05, 0.1) is 40.4 Å². The molecule has 3 atom stereocenters. The summed E-state index contributed by atoms with van der Waals surface area (Å²) in [7, 11) is -1.27. The number of pyridine rings is 1. The third kappa shape index (κ3) is 4.10. The number of hydrogen-bond donors (Lipinski definition) is 1. The second kappa shape index (κ2) is 8.70. The lowest BCUT2D eigenvalue weighted by molar-refractivity contribution is 0.0973. The highest BCUT2D eigenvalue weighted by Gasteiger charge is 2.47. The van der Waals surface area contributed by atoms with Crippen LogP contribution in [0.25, 0.3) is 0 Å². The second-order valence-electron chi connectivity index (χ2n) is 7.99. The first-order valence-electron chi connectivity index (χ1n) is 9.92. The van der Waals surface area contributed by atoms with Gasteiger partial charge in [0.2, 0.25) is 0 Å². The molecule has 0 bridgehead atoms. The van der Waals surface area contributed by atoms with Crippen molar-refractivity contribution in [3.05, 3.63) is 29.2 Å². The number of piperidine rings is 1. The maximum atomic E-state index is 12.5. The molecule has 2 aliphatic heterocycles. The van der Waals surface area contributed by atoms with Crippen molar-refractivity contribution in [1.29, 1.82) is 0 Å². The van der Waals surface area contributed by atoms with Gasteiger partial charge in [0.15, 0.2) is 10.8 Å². The van der Waals surface area contributed by atoms with Crippen LogP contribution in [0, 0.1) is 12.3 Å². The van der Waals surface area contributed by atoms with E-state index in [1.165, 1.54) is 11.8 Å². The van der Waals surface area contributed by atoms with Gasteiger partial charge >= 0.3 is 0 Å². The minimum Gasteiger partial charge on any atom is -0.376 e. The molecule has 2 fully saturated rings. The Balaban J connectivity index is 1.55. The number of anilines is 1. The second-order valence-corrected chi connectivity index (χ2v) is 10.7. The number of nitrogens with zero attached hydrogens (tertiary/aromatic N) is 4. The molecule has 0 amide bonds. The summed E-state index contributed by atoms with van der Waals surface area (Å²) in [6.45, 7) is 6.21. The van der Waals surface area contributed by atoms with Gasteiger partial charge in [-0.3, -0.25) is 9.19 Å². The summed E-state index contributed by atoms with van der Waals surface area (Å²) in [5.74, 6) is 0.688. The molecule has 162 valence electrons. The van der Waals surface area contributed by atoms with Crippen LogP contribution in [0.1, 0.15) is 25.5 Å². The van der Waals surface area contributed by atoms with Gasteiger partial charge in [0.1, 0.15) is 5.03 Å². The molecule has 0 aromatic carbocycles. The van der Waals surface area contributed by atoms with Crippen molar-refractivity contribution in [2.24, 2.45) is 11.1 Å². The Morgan fingerprint density at radius 1 is 1.37 bits per heavy atom. The van der Waals surface area contributed by atoms with E-state index in [4.69, 9.17) is 22.1 Å². The topological polar surface area (TPSA) is 94.2 Å². The van der Waals surface area contributed by atoms with E-state index in [-0.39, 0.29) is 17.6 Å². The maximum Gasteiger partial charge on any atom is 0.170 e. The number of aryl methyl sites for hydroxylation is 1. The molecule has 30 heavy (non-hydrogen) atoms. The first-order chi connectivity index (χ1) is 14.3. The average Bonchev–Trinajstić information content (AvgIpc) is 3.01. The van der Waals surface area contributed by atoms with E-state index in [0.29, 0.717) is 27.5 Å². The van der Waals surface area contributed by atoms with Gasteiger partial charge in [-0.1, -0.05) is 23.4 Å². The highest BCUT2D eigenvalue weighted by atomic mass is 35.5. The molecule has 1 unspecified atom stereocenters. The molecule has 2 aliphatic rings. The fourth-order valence-corrected chi connectivity index (χ4v) is 5.95. The lowest BCUT2D eigenvalue weighted by atomic mass is 9.73. The van der Waals surface area contributed by atoms with Crippen LogP contribution in [0.3, 0.4) is 0 Å². The summed E-state index contributed by atoms with van der Waals surface area (Å²) in [4.78, 5) is 16.5. The monoisotopic (exact) mass is 467 g/mol. The van der Waals surface area contributed by atoms with Crippen molar-refractivity contribution >= 4 is 40.0 Å². The average molecular weight is 468 g/mol. The summed E-state index contributed by atoms with van der Waals surface area (Å²) in [5.41, 5.74) is 7.22. The Kier molecular flexibility index (Phi) is 6.37. The number of halogens is 1. The van der Waals surface area contributed by atoms with Crippen LogP contribution in [0.4, 0.5) is 5.82 Å². The summed E-state index contributed by atoms with van der Waals surface area (Å²) in [6, 6.07) is 1.90. The van der Waals surface area contributed by atoms with E-state index in [1.807, 2.05) is 19.9 Å². The zero-order valence-corrected chi connectivity index (χ0v) is 19.7. The van der Waals surface area contributed by atoms with Crippen molar-refractivity contribution in [3.8, 4) is 0 Å². The number of hydrogen-bond acceptors (Lipinski definition) is 8. The third-order valence-electron chi connectivity index (χ3n) is 6.12. The van der Waals surface area contributed by atoms with Gasteiger partial charge in [-0.2, -0.15) is 0 Å². The first-order valence-corrected chi connectivity index (χ1v) is 12.7.